The van der Waals surface area contributed by atoms with Gasteiger partial charge in [0.2, 0.25) is 0 Å². The van der Waals surface area contributed by atoms with E-state index in [-0.39, 0.29) is 39.1 Å². The highest BCUT2D eigenvalue weighted by Gasteiger charge is 2.25. The first kappa shape index (κ1) is 23.2. The molecular formula is C18H13BrN2O7S3. The minimum absolute atomic E-state index is 0.0959. The van der Waals surface area contributed by atoms with Crippen LogP contribution in [0.3, 0.4) is 0 Å². The first-order chi connectivity index (χ1) is 14.6. The maximum Gasteiger partial charge on any atom is 0.339 e. The summed E-state index contributed by atoms with van der Waals surface area (Å²) in [7, 11) is -4.30. The van der Waals surface area contributed by atoms with E-state index in [9.17, 15) is 23.3 Å². The van der Waals surface area contributed by atoms with Gasteiger partial charge in [0, 0.05) is 12.1 Å². The molecule has 3 rings (SSSR count). The third-order valence-electron chi connectivity index (χ3n) is 3.80. The van der Waals surface area contributed by atoms with E-state index in [1.54, 1.807) is 19.1 Å². The molecule has 1 fully saturated rings. The minimum Gasteiger partial charge on any atom is -0.490 e. The quantitative estimate of drug-likeness (QED) is 0.181. The summed E-state index contributed by atoms with van der Waals surface area (Å²) in [5, 5.41) is 13.3. The number of carbonyl (C=O) groups excluding carboxylic acids is 1. The van der Waals surface area contributed by atoms with Gasteiger partial charge in [0.25, 0.3) is 11.6 Å². The summed E-state index contributed by atoms with van der Waals surface area (Å²) in [6.07, 6.45) is 1.58. The van der Waals surface area contributed by atoms with Crippen LogP contribution in [-0.4, -0.2) is 30.2 Å². The number of ether oxygens (including phenoxy) is 1. The number of hydrogen-bond donors (Lipinski definition) is 1. The molecule has 1 amide bonds. The first-order valence-corrected chi connectivity index (χ1v) is 11.9. The van der Waals surface area contributed by atoms with Gasteiger partial charge in [-0.1, -0.05) is 24.0 Å². The van der Waals surface area contributed by atoms with Crippen LogP contribution < -0.4 is 14.2 Å². The molecular weight excluding hydrogens is 532 g/mol. The van der Waals surface area contributed by atoms with Crippen molar-refractivity contribution < 1.29 is 27.1 Å². The Bertz CT molecular complexity index is 1210. The van der Waals surface area contributed by atoms with Crippen LogP contribution in [0.5, 0.6) is 11.5 Å². The first-order valence-electron chi connectivity index (χ1n) is 8.51. The SMILES string of the molecule is CCOc1cc(/C=C2\SC(=S)NC2=O)cc(Br)c1OS(=O)(=O)c1ccc([N+](=O)[O-])cc1. The fourth-order valence-electron chi connectivity index (χ4n) is 2.48. The van der Waals surface area contributed by atoms with E-state index in [4.69, 9.17) is 21.1 Å². The Morgan fingerprint density at radius 3 is 2.52 bits per heavy atom. The molecule has 1 aliphatic rings. The number of nitro groups is 1. The highest BCUT2D eigenvalue weighted by molar-refractivity contribution is 9.10. The standard InChI is InChI=1S/C18H13BrN2O7S3/c1-2-27-14-8-10(9-15-17(22)20-18(29)30-15)7-13(19)16(14)28-31(25,26)12-5-3-11(4-6-12)21(23)24/h3-9H,2H2,1H3,(H,20,22,29)/b15-9-. The van der Waals surface area contributed by atoms with E-state index in [0.717, 1.165) is 36.0 Å². The van der Waals surface area contributed by atoms with Crippen LogP contribution in [-0.2, 0) is 14.9 Å². The molecule has 1 heterocycles. The average Bonchev–Trinajstić information content (AvgIpc) is 3.01. The third kappa shape index (κ3) is 5.42. The molecule has 2 aromatic rings. The fraction of sp³-hybridized carbons (Fsp3) is 0.111. The zero-order valence-electron chi connectivity index (χ0n) is 15.7. The fourth-order valence-corrected chi connectivity index (χ4v) is 5.13. The third-order valence-corrected chi connectivity index (χ3v) is 6.79. The number of non-ortho nitro benzene ring substituents is 1. The second-order valence-electron chi connectivity index (χ2n) is 5.90. The van der Waals surface area contributed by atoms with Crippen molar-refractivity contribution in [2.45, 2.75) is 11.8 Å². The summed E-state index contributed by atoms with van der Waals surface area (Å²) in [6.45, 7) is 1.94. The molecule has 0 radical (unpaired) electrons. The van der Waals surface area contributed by atoms with Gasteiger partial charge in [-0.2, -0.15) is 8.42 Å². The molecule has 31 heavy (non-hydrogen) atoms. The van der Waals surface area contributed by atoms with Gasteiger partial charge in [-0.05, 0) is 58.8 Å². The zero-order chi connectivity index (χ0) is 22.8. The Hall–Kier alpha value is -2.48. The molecule has 0 aromatic heterocycles. The topological polar surface area (TPSA) is 125 Å². The molecule has 1 N–H and O–H groups in total. The number of hydrogen-bond acceptors (Lipinski definition) is 9. The number of amides is 1. The van der Waals surface area contributed by atoms with Gasteiger partial charge < -0.3 is 14.2 Å². The maximum atomic E-state index is 12.7. The second-order valence-corrected chi connectivity index (χ2v) is 10.0. The lowest BCUT2D eigenvalue weighted by atomic mass is 10.2. The number of rotatable bonds is 7. The van der Waals surface area contributed by atoms with Gasteiger partial charge in [0.05, 0.1) is 20.9 Å². The molecule has 9 nitrogen and oxygen atoms in total. The van der Waals surface area contributed by atoms with Crippen molar-refractivity contribution >= 4 is 72.0 Å². The maximum absolute atomic E-state index is 12.7. The Labute approximate surface area is 195 Å². The van der Waals surface area contributed by atoms with Crippen molar-refractivity contribution in [1.82, 2.24) is 5.32 Å². The summed E-state index contributed by atoms with van der Waals surface area (Å²) in [4.78, 5) is 22.1. The van der Waals surface area contributed by atoms with Crippen LogP contribution in [0.25, 0.3) is 6.08 Å². The Kier molecular flexibility index (Phi) is 6.99. The molecule has 0 atom stereocenters. The van der Waals surface area contributed by atoms with Gasteiger partial charge in [0.1, 0.15) is 9.22 Å². The van der Waals surface area contributed by atoms with Gasteiger partial charge in [-0.3, -0.25) is 14.9 Å². The Morgan fingerprint density at radius 1 is 1.29 bits per heavy atom. The molecule has 0 spiro atoms. The summed E-state index contributed by atoms with van der Waals surface area (Å²) < 4.78 is 36.8. The van der Waals surface area contributed by atoms with E-state index in [1.165, 1.54) is 6.07 Å². The lowest BCUT2D eigenvalue weighted by Gasteiger charge is -2.14. The van der Waals surface area contributed by atoms with Gasteiger partial charge >= 0.3 is 10.1 Å². The highest BCUT2D eigenvalue weighted by atomic mass is 79.9. The lowest BCUT2D eigenvalue weighted by Crippen LogP contribution is -2.17. The number of nitrogens with zero attached hydrogens (tertiary/aromatic N) is 1. The van der Waals surface area contributed by atoms with Crippen LogP contribution in [0.4, 0.5) is 5.69 Å². The summed E-state index contributed by atoms with van der Waals surface area (Å²) in [6, 6.07) is 7.39. The van der Waals surface area contributed by atoms with Gasteiger partial charge in [-0.25, -0.2) is 0 Å². The number of carbonyl (C=O) groups is 1. The van der Waals surface area contributed by atoms with Crippen LogP contribution >= 0.6 is 39.9 Å². The number of thioether (sulfide) groups is 1. The number of nitro benzene ring substituents is 1. The summed E-state index contributed by atoms with van der Waals surface area (Å²) >= 11 is 9.35. The summed E-state index contributed by atoms with van der Waals surface area (Å²) in [5.41, 5.74) is 0.304. The van der Waals surface area contributed by atoms with Crippen molar-refractivity contribution in [3.63, 3.8) is 0 Å². The lowest BCUT2D eigenvalue weighted by molar-refractivity contribution is -0.384. The van der Waals surface area contributed by atoms with Crippen molar-refractivity contribution in [2.24, 2.45) is 0 Å². The number of nitrogens with one attached hydrogen (secondary N) is 1. The molecule has 2 aromatic carbocycles. The van der Waals surface area contributed by atoms with Crippen molar-refractivity contribution in [1.29, 1.82) is 0 Å². The van der Waals surface area contributed by atoms with Crippen LogP contribution in [0.1, 0.15) is 12.5 Å². The molecule has 0 saturated carbocycles. The predicted molar refractivity (Wildman–Crippen MR) is 123 cm³/mol. The van der Waals surface area contributed by atoms with Gasteiger partial charge in [-0.15, -0.1) is 0 Å². The second kappa shape index (κ2) is 9.34. The minimum atomic E-state index is -4.30. The highest BCUT2D eigenvalue weighted by Crippen LogP contribution is 2.40. The Balaban J connectivity index is 1.96. The predicted octanol–water partition coefficient (Wildman–Crippen LogP) is 4.01. The number of halogens is 1. The molecule has 1 saturated heterocycles. The monoisotopic (exact) mass is 544 g/mol. The van der Waals surface area contributed by atoms with E-state index in [0.29, 0.717) is 14.8 Å². The average molecular weight is 545 g/mol. The van der Waals surface area contributed by atoms with E-state index < -0.39 is 15.0 Å². The molecule has 162 valence electrons. The van der Waals surface area contributed by atoms with Crippen LogP contribution in [0.2, 0.25) is 0 Å². The van der Waals surface area contributed by atoms with Gasteiger partial charge in [0.15, 0.2) is 11.5 Å². The molecule has 0 aliphatic carbocycles. The van der Waals surface area contributed by atoms with E-state index in [1.807, 2.05) is 0 Å². The van der Waals surface area contributed by atoms with E-state index in [2.05, 4.69) is 21.2 Å². The van der Waals surface area contributed by atoms with Crippen molar-refractivity contribution in [2.75, 3.05) is 6.61 Å². The summed E-state index contributed by atoms with van der Waals surface area (Å²) in [5.74, 6) is -0.299. The van der Waals surface area contributed by atoms with Crippen molar-refractivity contribution in [3.8, 4) is 11.5 Å². The number of thiocarbonyl (C=S) groups is 1. The molecule has 0 unspecified atom stereocenters. The molecule has 0 bridgehead atoms. The Morgan fingerprint density at radius 2 is 1.97 bits per heavy atom. The largest absolute Gasteiger partial charge is 0.490 e. The van der Waals surface area contributed by atoms with Crippen LogP contribution in [0.15, 0.2) is 50.7 Å². The van der Waals surface area contributed by atoms with Crippen molar-refractivity contribution in [3.05, 3.63) is 61.5 Å². The molecule has 1 aliphatic heterocycles. The molecule has 13 heteroatoms. The number of benzene rings is 2. The normalized spacial score (nSPS) is 15.1. The van der Waals surface area contributed by atoms with Crippen LogP contribution in [0, 0.1) is 10.1 Å². The zero-order valence-corrected chi connectivity index (χ0v) is 19.7. The smallest absolute Gasteiger partial charge is 0.339 e. The van der Waals surface area contributed by atoms with E-state index >= 15 is 0 Å².